The first-order chi connectivity index (χ1) is 7.56. The van der Waals surface area contributed by atoms with Gasteiger partial charge in [0.15, 0.2) is 0 Å². The molecule has 0 aliphatic heterocycles. The molecule has 0 spiro atoms. The van der Waals surface area contributed by atoms with Crippen molar-refractivity contribution in [2.24, 2.45) is 7.05 Å². The van der Waals surface area contributed by atoms with Crippen molar-refractivity contribution in [2.45, 2.75) is 59.0 Å². The van der Waals surface area contributed by atoms with Crippen molar-refractivity contribution in [3.8, 4) is 0 Å². The minimum absolute atomic E-state index is 0.290. The maximum atomic E-state index is 4.37. The van der Waals surface area contributed by atoms with Crippen LogP contribution < -0.4 is 5.32 Å². The lowest BCUT2D eigenvalue weighted by Crippen LogP contribution is -2.43. The monoisotopic (exact) mass is 223 g/mol. The first-order valence-corrected chi connectivity index (χ1v) is 6.31. The van der Waals surface area contributed by atoms with E-state index in [1.807, 2.05) is 18.7 Å². The van der Waals surface area contributed by atoms with Gasteiger partial charge in [0.1, 0.15) is 0 Å². The van der Waals surface area contributed by atoms with E-state index in [4.69, 9.17) is 0 Å². The summed E-state index contributed by atoms with van der Waals surface area (Å²) in [4.78, 5) is 0. The van der Waals surface area contributed by atoms with Crippen LogP contribution in [-0.4, -0.2) is 15.3 Å². The largest absolute Gasteiger partial charge is 0.306 e. The summed E-state index contributed by atoms with van der Waals surface area (Å²) in [6.07, 6.45) is 3.53. The summed E-state index contributed by atoms with van der Waals surface area (Å²) in [6.45, 7) is 9.72. The zero-order valence-corrected chi connectivity index (χ0v) is 11.3. The molecule has 0 aliphatic carbocycles. The van der Waals surface area contributed by atoms with Crippen LogP contribution >= 0.6 is 0 Å². The molecule has 1 aromatic rings. The topological polar surface area (TPSA) is 29.9 Å². The van der Waals surface area contributed by atoms with E-state index in [-0.39, 0.29) is 5.54 Å². The molecule has 3 heteroatoms. The number of rotatable bonds is 6. The van der Waals surface area contributed by atoms with Gasteiger partial charge in [-0.3, -0.25) is 4.68 Å². The molecule has 0 fully saturated rings. The molecule has 0 aliphatic rings. The van der Waals surface area contributed by atoms with Gasteiger partial charge in [-0.05, 0) is 32.3 Å². The summed E-state index contributed by atoms with van der Waals surface area (Å²) in [6, 6.07) is 2.15. The van der Waals surface area contributed by atoms with Gasteiger partial charge in [0.25, 0.3) is 0 Å². The summed E-state index contributed by atoms with van der Waals surface area (Å²) in [5.74, 6) is 0. The lowest BCUT2D eigenvalue weighted by atomic mass is 9.90. The number of nitrogens with one attached hydrogen (secondary N) is 1. The van der Waals surface area contributed by atoms with Gasteiger partial charge in [0, 0.05) is 19.1 Å². The van der Waals surface area contributed by atoms with Gasteiger partial charge >= 0.3 is 0 Å². The highest BCUT2D eigenvalue weighted by atomic mass is 15.3. The molecule has 1 heterocycles. The highest BCUT2D eigenvalue weighted by molar-refractivity contribution is 5.08. The van der Waals surface area contributed by atoms with Crippen molar-refractivity contribution < 1.29 is 0 Å². The Morgan fingerprint density at radius 1 is 1.25 bits per heavy atom. The molecule has 0 amide bonds. The van der Waals surface area contributed by atoms with Crippen LogP contribution in [0, 0.1) is 6.92 Å². The molecule has 0 saturated heterocycles. The van der Waals surface area contributed by atoms with Crippen LogP contribution in [-0.2, 0) is 13.6 Å². The van der Waals surface area contributed by atoms with Crippen LogP contribution in [0.2, 0.25) is 0 Å². The van der Waals surface area contributed by atoms with E-state index >= 15 is 0 Å². The Kier molecular flexibility index (Phi) is 4.54. The summed E-state index contributed by atoms with van der Waals surface area (Å²) in [7, 11) is 2.01. The number of aromatic nitrogens is 2. The molecule has 3 nitrogen and oxygen atoms in total. The van der Waals surface area contributed by atoms with Gasteiger partial charge in [-0.2, -0.15) is 5.10 Å². The summed E-state index contributed by atoms with van der Waals surface area (Å²) >= 11 is 0. The molecule has 16 heavy (non-hydrogen) atoms. The zero-order valence-electron chi connectivity index (χ0n) is 11.3. The minimum Gasteiger partial charge on any atom is -0.306 e. The lowest BCUT2D eigenvalue weighted by molar-refractivity contribution is 0.285. The summed E-state index contributed by atoms with van der Waals surface area (Å²) in [5, 5.41) is 8.06. The number of nitrogens with zero attached hydrogens (tertiary/aromatic N) is 2. The quantitative estimate of drug-likeness (QED) is 0.803. The second kappa shape index (κ2) is 5.48. The molecule has 92 valence electrons. The van der Waals surface area contributed by atoms with E-state index in [1.54, 1.807) is 0 Å². The van der Waals surface area contributed by atoms with Crippen molar-refractivity contribution in [2.75, 3.05) is 0 Å². The predicted molar refractivity (Wildman–Crippen MR) is 68.4 cm³/mol. The molecule has 0 atom stereocenters. The minimum atomic E-state index is 0.290. The van der Waals surface area contributed by atoms with Crippen LogP contribution in [0.5, 0.6) is 0 Å². The van der Waals surface area contributed by atoms with Crippen LogP contribution in [0.3, 0.4) is 0 Å². The summed E-state index contributed by atoms with van der Waals surface area (Å²) in [5.41, 5.74) is 2.64. The molecular weight excluding hydrogens is 198 g/mol. The van der Waals surface area contributed by atoms with E-state index in [9.17, 15) is 0 Å². The fourth-order valence-electron chi connectivity index (χ4n) is 2.23. The number of hydrogen-bond acceptors (Lipinski definition) is 2. The first kappa shape index (κ1) is 13.2. The maximum absolute atomic E-state index is 4.37. The molecule has 0 bridgehead atoms. The van der Waals surface area contributed by atoms with Crippen molar-refractivity contribution in [1.82, 2.24) is 15.1 Å². The number of aryl methyl sites for hydroxylation is 2. The predicted octanol–water partition coefficient (Wildman–Crippen LogP) is 2.79. The Morgan fingerprint density at radius 2 is 1.81 bits per heavy atom. The molecule has 1 N–H and O–H groups in total. The Morgan fingerprint density at radius 3 is 2.19 bits per heavy atom. The fraction of sp³-hybridized carbons (Fsp3) is 0.769. The third-order valence-electron chi connectivity index (χ3n) is 3.77. The first-order valence-electron chi connectivity index (χ1n) is 6.31. The van der Waals surface area contributed by atoms with Crippen LogP contribution in [0.15, 0.2) is 6.07 Å². The molecule has 0 radical (unpaired) electrons. The normalized spacial score (nSPS) is 12.1. The van der Waals surface area contributed by atoms with Gasteiger partial charge in [-0.1, -0.05) is 20.8 Å². The van der Waals surface area contributed by atoms with Gasteiger partial charge in [0.2, 0.25) is 0 Å². The van der Waals surface area contributed by atoms with Gasteiger partial charge in [-0.15, -0.1) is 0 Å². The Bertz CT molecular complexity index is 316. The standard InChI is InChI=1S/C13H25N3/c1-6-13(7-2,8-3)14-10-12-9-11(4)15-16(12)5/h9,14H,6-8,10H2,1-5H3. The van der Waals surface area contributed by atoms with E-state index in [0.717, 1.165) is 12.2 Å². The van der Waals surface area contributed by atoms with Crippen LogP contribution in [0.1, 0.15) is 51.4 Å². The maximum Gasteiger partial charge on any atom is 0.0597 e. The van der Waals surface area contributed by atoms with Gasteiger partial charge in [-0.25, -0.2) is 0 Å². The van der Waals surface area contributed by atoms with Crippen molar-refractivity contribution in [3.63, 3.8) is 0 Å². The third kappa shape index (κ3) is 2.85. The highest BCUT2D eigenvalue weighted by Crippen LogP contribution is 2.19. The summed E-state index contributed by atoms with van der Waals surface area (Å²) < 4.78 is 1.97. The van der Waals surface area contributed by atoms with Crippen molar-refractivity contribution in [1.29, 1.82) is 0 Å². The Balaban J connectivity index is 2.65. The van der Waals surface area contributed by atoms with Gasteiger partial charge in [0.05, 0.1) is 11.4 Å². The molecule has 1 rings (SSSR count). The number of hydrogen-bond donors (Lipinski definition) is 1. The van der Waals surface area contributed by atoms with Crippen LogP contribution in [0.4, 0.5) is 0 Å². The third-order valence-corrected chi connectivity index (χ3v) is 3.77. The molecule has 0 aromatic carbocycles. The van der Waals surface area contributed by atoms with E-state index in [0.29, 0.717) is 0 Å². The van der Waals surface area contributed by atoms with Crippen molar-refractivity contribution >= 4 is 0 Å². The van der Waals surface area contributed by atoms with E-state index in [2.05, 4.69) is 37.3 Å². The zero-order chi connectivity index (χ0) is 12.2. The van der Waals surface area contributed by atoms with E-state index in [1.165, 1.54) is 25.0 Å². The smallest absolute Gasteiger partial charge is 0.0597 e. The van der Waals surface area contributed by atoms with E-state index < -0.39 is 0 Å². The van der Waals surface area contributed by atoms with Crippen LogP contribution in [0.25, 0.3) is 0 Å². The average Bonchev–Trinajstić information content (AvgIpc) is 2.60. The molecule has 1 aromatic heterocycles. The Labute approximate surface area is 99.2 Å². The second-order valence-corrected chi connectivity index (χ2v) is 4.60. The van der Waals surface area contributed by atoms with Gasteiger partial charge < -0.3 is 5.32 Å². The molecular formula is C13H25N3. The van der Waals surface area contributed by atoms with Crippen molar-refractivity contribution in [3.05, 3.63) is 17.5 Å². The SMILES string of the molecule is CCC(CC)(CC)NCc1cc(C)nn1C. The highest BCUT2D eigenvalue weighted by Gasteiger charge is 2.22. The second-order valence-electron chi connectivity index (χ2n) is 4.60. The molecule has 0 saturated carbocycles. The average molecular weight is 223 g/mol. The molecule has 0 unspecified atom stereocenters. The Hall–Kier alpha value is -0.830. The lowest BCUT2D eigenvalue weighted by Gasteiger charge is -2.32. The fourth-order valence-corrected chi connectivity index (χ4v) is 2.23.